The van der Waals surface area contributed by atoms with Crippen LogP contribution in [0.3, 0.4) is 0 Å². The van der Waals surface area contributed by atoms with Gasteiger partial charge in [-0.05, 0) is 105 Å². The normalized spacial score (nSPS) is 17.5. The molecule has 7 nitrogen and oxygen atoms in total. The van der Waals surface area contributed by atoms with Crippen LogP contribution in [-0.4, -0.2) is 60.3 Å². The zero-order valence-corrected chi connectivity index (χ0v) is 31.3. The monoisotopic (exact) mass is 690 g/mol. The maximum absolute atomic E-state index is 12.6. The highest BCUT2D eigenvalue weighted by Crippen LogP contribution is 2.38. The average Bonchev–Trinajstić information content (AvgIpc) is 3.10. The Kier molecular flexibility index (Phi) is 16.9. The van der Waals surface area contributed by atoms with Crippen molar-refractivity contribution in [1.82, 2.24) is 0 Å². The molecule has 0 aliphatic heterocycles. The van der Waals surface area contributed by atoms with Gasteiger partial charge < -0.3 is 24.4 Å². The van der Waals surface area contributed by atoms with Crippen LogP contribution in [0.4, 0.5) is 0 Å². The average molecular weight is 691 g/mol. The Morgan fingerprint density at radius 1 is 0.940 bits per heavy atom. The van der Waals surface area contributed by atoms with Crippen molar-refractivity contribution < 1.29 is 34.0 Å². The number of aryl methyl sites for hydroxylation is 2. The van der Waals surface area contributed by atoms with Crippen molar-refractivity contribution in [3.63, 3.8) is 0 Å². The summed E-state index contributed by atoms with van der Waals surface area (Å²) in [7, 11) is 0. The van der Waals surface area contributed by atoms with Crippen LogP contribution in [0.25, 0.3) is 11.1 Å². The molecule has 0 aromatic heterocycles. The molecule has 0 bridgehead atoms. The van der Waals surface area contributed by atoms with Crippen molar-refractivity contribution >= 4 is 11.9 Å². The SMILES string of the molecule is C=C(COCC(C)(C)O)C(=O)OCC(CCc1ccc(-c2ccc(C3CCC(CCCCC)CC3)cc2)c(CC)c1)COC(=O)C(=C)C(C)O. The zero-order chi connectivity index (χ0) is 36.7. The Morgan fingerprint density at radius 2 is 1.60 bits per heavy atom. The molecule has 1 fully saturated rings. The van der Waals surface area contributed by atoms with Gasteiger partial charge in [0.1, 0.15) is 0 Å². The van der Waals surface area contributed by atoms with Gasteiger partial charge in [-0.25, -0.2) is 9.59 Å². The van der Waals surface area contributed by atoms with Gasteiger partial charge in [0.2, 0.25) is 0 Å². The van der Waals surface area contributed by atoms with Gasteiger partial charge >= 0.3 is 11.9 Å². The van der Waals surface area contributed by atoms with E-state index >= 15 is 0 Å². The van der Waals surface area contributed by atoms with Crippen molar-refractivity contribution in [3.05, 3.63) is 83.5 Å². The fourth-order valence-electron chi connectivity index (χ4n) is 6.60. The molecule has 3 rings (SSSR count). The third-order valence-corrected chi connectivity index (χ3v) is 9.83. The topological polar surface area (TPSA) is 102 Å². The maximum Gasteiger partial charge on any atom is 0.336 e. The summed E-state index contributed by atoms with van der Waals surface area (Å²) in [6.07, 6.45) is 11.9. The first-order valence-electron chi connectivity index (χ1n) is 18.7. The molecule has 50 heavy (non-hydrogen) atoms. The summed E-state index contributed by atoms with van der Waals surface area (Å²) in [4.78, 5) is 25.0. The van der Waals surface area contributed by atoms with Crippen molar-refractivity contribution in [3.8, 4) is 11.1 Å². The lowest BCUT2D eigenvalue weighted by Gasteiger charge is -2.29. The Morgan fingerprint density at radius 3 is 2.20 bits per heavy atom. The quantitative estimate of drug-likeness (QED) is 0.0768. The molecule has 2 N–H and O–H groups in total. The molecule has 1 aliphatic carbocycles. The summed E-state index contributed by atoms with van der Waals surface area (Å²) >= 11 is 0. The summed E-state index contributed by atoms with van der Waals surface area (Å²) in [5.41, 5.74) is 5.43. The maximum atomic E-state index is 12.6. The smallest absolute Gasteiger partial charge is 0.336 e. The number of aliphatic hydroxyl groups excluding tert-OH is 1. The fraction of sp³-hybridized carbons (Fsp3) is 0.581. The van der Waals surface area contributed by atoms with Crippen LogP contribution in [0.15, 0.2) is 66.8 Å². The van der Waals surface area contributed by atoms with E-state index in [4.69, 9.17) is 14.2 Å². The molecule has 0 amide bonds. The molecule has 7 heteroatoms. The molecule has 0 radical (unpaired) electrons. The summed E-state index contributed by atoms with van der Waals surface area (Å²) in [5, 5.41) is 19.6. The van der Waals surface area contributed by atoms with Gasteiger partial charge in [-0.3, -0.25) is 0 Å². The number of esters is 2. The van der Waals surface area contributed by atoms with Crippen LogP contribution >= 0.6 is 0 Å². The van der Waals surface area contributed by atoms with Gasteiger partial charge in [-0.2, -0.15) is 0 Å². The number of hydrogen-bond acceptors (Lipinski definition) is 7. The molecule has 1 saturated carbocycles. The standard InChI is InChI=1S/C43H62O7/c1-8-10-11-12-33-15-18-37(19-16-33)38-20-22-39(23-21-38)40-24-17-34(25-36(40)9-2)13-14-35(28-50-42(46)31(4)32(5)44)27-49-41(45)30(3)26-48-29-43(6,7)47/h17,20-25,32-33,35,37,44,47H,3-4,8-16,18-19,26-29H2,1-2,5-7H3. The van der Waals surface area contributed by atoms with Crippen LogP contribution in [0.1, 0.15) is 115 Å². The number of carbonyl (C=O) groups is 2. The Labute approximate surface area is 301 Å². The van der Waals surface area contributed by atoms with Crippen molar-refractivity contribution in [2.24, 2.45) is 11.8 Å². The van der Waals surface area contributed by atoms with Crippen LogP contribution in [-0.2, 0) is 36.6 Å². The van der Waals surface area contributed by atoms with Crippen molar-refractivity contribution in [2.45, 2.75) is 123 Å². The lowest BCUT2D eigenvalue weighted by Crippen LogP contribution is -2.27. The first-order valence-corrected chi connectivity index (χ1v) is 18.7. The largest absolute Gasteiger partial charge is 0.462 e. The second kappa shape index (κ2) is 20.6. The number of ether oxygens (including phenoxy) is 3. The summed E-state index contributed by atoms with van der Waals surface area (Å²) < 4.78 is 16.4. The number of benzene rings is 2. The van der Waals surface area contributed by atoms with Crippen molar-refractivity contribution in [1.29, 1.82) is 0 Å². The zero-order valence-electron chi connectivity index (χ0n) is 31.3. The van der Waals surface area contributed by atoms with E-state index < -0.39 is 23.6 Å². The van der Waals surface area contributed by atoms with E-state index in [-0.39, 0.29) is 43.5 Å². The van der Waals surface area contributed by atoms with Crippen molar-refractivity contribution in [2.75, 3.05) is 26.4 Å². The number of hydrogen-bond donors (Lipinski definition) is 2. The van der Waals surface area contributed by atoms with Crippen LogP contribution < -0.4 is 0 Å². The van der Waals surface area contributed by atoms with E-state index in [1.54, 1.807) is 13.8 Å². The van der Waals surface area contributed by atoms with Gasteiger partial charge in [-0.1, -0.05) is 95.2 Å². The minimum absolute atomic E-state index is 0.00507. The van der Waals surface area contributed by atoms with Gasteiger partial charge in [0.15, 0.2) is 0 Å². The molecule has 0 spiro atoms. The van der Waals surface area contributed by atoms with E-state index in [1.165, 1.54) is 80.5 Å². The predicted octanol–water partition coefficient (Wildman–Crippen LogP) is 8.69. The first-order chi connectivity index (χ1) is 23.8. The Bertz CT molecular complexity index is 1380. The second-order valence-electron chi connectivity index (χ2n) is 14.9. The molecule has 2 atom stereocenters. The minimum atomic E-state index is -1.03. The highest BCUT2D eigenvalue weighted by molar-refractivity contribution is 5.89. The van der Waals surface area contributed by atoms with E-state index in [0.717, 1.165) is 17.9 Å². The van der Waals surface area contributed by atoms with Crippen LogP contribution in [0.2, 0.25) is 0 Å². The minimum Gasteiger partial charge on any atom is -0.462 e. The number of unbranched alkanes of at least 4 members (excludes halogenated alkanes) is 2. The van der Waals surface area contributed by atoms with E-state index in [9.17, 15) is 19.8 Å². The van der Waals surface area contributed by atoms with Crippen LogP contribution in [0.5, 0.6) is 0 Å². The summed E-state index contributed by atoms with van der Waals surface area (Å²) in [6, 6.07) is 15.8. The molecule has 276 valence electrons. The fourth-order valence-corrected chi connectivity index (χ4v) is 6.60. The lowest BCUT2D eigenvalue weighted by molar-refractivity contribution is -0.145. The molecule has 1 aliphatic rings. The number of carbonyl (C=O) groups excluding carboxylic acids is 2. The third-order valence-electron chi connectivity index (χ3n) is 9.83. The van der Waals surface area contributed by atoms with Crippen LogP contribution in [0, 0.1) is 11.8 Å². The Hall–Kier alpha value is -3.26. The lowest BCUT2D eigenvalue weighted by atomic mass is 9.77. The van der Waals surface area contributed by atoms with Gasteiger partial charge in [0.25, 0.3) is 0 Å². The first kappa shape index (κ1) is 41.2. The molecular weight excluding hydrogens is 628 g/mol. The van der Waals surface area contributed by atoms with Gasteiger partial charge in [0, 0.05) is 5.92 Å². The van der Waals surface area contributed by atoms with Gasteiger partial charge in [0.05, 0.1) is 49.3 Å². The third kappa shape index (κ3) is 13.8. The van der Waals surface area contributed by atoms with E-state index in [2.05, 4.69) is 69.5 Å². The molecular formula is C43H62O7. The van der Waals surface area contributed by atoms with E-state index in [0.29, 0.717) is 18.8 Å². The molecule has 2 unspecified atom stereocenters. The van der Waals surface area contributed by atoms with E-state index in [1.807, 2.05) is 0 Å². The number of aliphatic hydroxyl groups is 2. The highest BCUT2D eigenvalue weighted by atomic mass is 16.6. The highest BCUT2D eigenvalue weighted by Gasteiger charge is 2.23. The predicted molar refractivity (Wildman–Crippen MR) is 201 cm³/mol. The summed E-state index contributed by atoms with van der Waals surface area (Å²) in [5.74, 6) is -0.00243. The Balaban J connectivity index is 1.61. The second-order valence-corrected chi connectivity index (χ2v) is 14.9. The molecule has 2 aromatic carbocycles. The number of rotatable bonds is 21. The molecule has 2 aromatic rings. The molecule has 0 heterocycles. The van der Waals surface area contributed by atoms with Gasteiger partial charge in [-0.15, -0.1) is 0 Å². The summed E-state index contributed by atoms with van der Waals surface area (Å²) in [6.45, 7) is 16.5. The molecule has 0 saturated heterocycles.